The fourth-order valence-electron chi connectivity index (χ4n) is 2.94. The van der Waals surface area contributed by atoms with Gasteiger partial charge >= 0.3 is 0 Å². The second-order valence-corrected chi connectivity index (χ2v) is 6.70. The molecule has 0 fully saturated rings. The van der Waals surface area contributed by atoms with E-state index in [1.165, 1.54) is 26.4 Å². The quantitative estimate of drug-likeness (QED) is 0.635. The van der Waals surface area contributed by atoms with Gasteiger partial charge in [0.2, 0.25) is 0 Å². The molecule has 1 amide bonds. The van der Waals surface area contributed by atoms with Gasteiger partial charge in [0.15, 0.2) is 6.79 Å². The summed E-state index contributed by atoms with van der Waals surface area (Å²) in [6.45, 7) is 1.04. The van der Waals surface area contributed by atoms with Crippen LogP contribution in [0.2, 0.25) is 0 Å². The van der Waals surface area contributed by atoms with E-state index in [1.54, 1.807) is 23.1 Å². The third kappa shape index (κ3) is 3.68. The Labute approximate surface area is 159 Å². The van der Waals surface area contributed by atoms with Crippen LogP contribution in [-0.2, 0) is 17.7 Å². The van der Waals surface area contributed by atoms with Crippen LogP contribution < -0.4 is 9.47 Å². The molecular formula is C19H19BrFNO4. The second-order valence-electron chi connectivity index (χ2n) is 5.90. The van der Waals surface area contributed by atoms with Crippen LogP contribution >= 0.6 is 15.9 Å². The molecule has 1 aliphatic rings. The van der Waals surface area contributed by atoms with Crippen molar-refractivity contribution in [3.05, 3.63) is 57.3 Å². The summed E-state index contributed by atoms with van der Waals surface area (Å²) in [5, 5.41) is 0. The average molecular weight is 424 g/mol. The van der Waals surface area contributed by atoms with E-state index in [9.17, 15) is 9.18 Å². The van der Waals surface area contributed by atoms with E-state index in [-0.39, 0.29) is 18.5 Å². The van der Waals surface area contributed by atoms with Gasteiger partial charge < -0.3 is 19.1 Å². The molecule has 0 atom stereocenters. The van der Waals surface area contributed by atoms with Crippen molar-refractivity contribution >= 4 is 21.8 Å². The molecule has 0 N–H and O–H groups in total. The first-order valence-electron chi connectivity index (χ1n) is 8.10. The second kappa shape index (κ2) is 8.05. The first-order valence-corrected chi connectivity index (χ1v) is 8.89. The Hall–Kier alpha value is -2.12. The summed E-state index contributed by atoms with van der Waals surface area (Å²) in [5.74, 6) is 0.743. The molecule has 2 aromatic carbocycles. The Morgan fingerprint density at radius 2 is 1.96 bits per heavy atom. The molecule has 5 nitrogen and oxygen atoms in total. The Kier molecular flexibility index (Phi) is 5.78. The SMILES string of the molecule is COCOc1c(Br)c(OC)cc2c1CN(CCc1ccc(F)cc1)C2=O. The highest BCUT2D eigenvalue weighted by atomic mass is 79.9. The van der Waals surface area contributed by atoms with Crippen LogP contribution in [0.25, 0.3) is 0 Å². The molecule has 138 valence electrons. The third-order valence-electron chi connectivity index (χ3n) is 4.28. The zero-order valence-corrected chi connectivity index (χ0v) is 16.1. The lowest BCUT2D eigenvalue weighted by molar-refractivity contribution is 0.0494. The molecular weight excluding hydrogens is 405 g/mol. The van der Waals surface area contributed by atoms with Crippen molar-refractivity contribution < 1.29 is 23.4 Å². The van der Waals surface area contributed by atoms with E-state index in [0.29, 0.717) is 41.0 Å². The molecule has 0 saturated carbocycles. The van der Waals surface area contributed by atoms with Crippen molar-refractivity contribution in [3.63, 3.8) is 0 Å². The smallest absolute Gasteiger partial charge is 0.254 e. The molecule has 0 saturated heterocycles. The summed E-state index contributed by atoms with van der Waals surface area (Å²) in [5.41, 5.74) is 2.35. The van der Waals surface area contributed by atoms with E-state index in [4.69, 9.17) is 14.2 Å². The lowest BCUT2D eigenvalue weighted by atomic mass is 10.1. The number of amides is 1. The Morgan fingerprint density at radius 1 is 1.23 bits per heavy atom. The van der Waals surface area contributed by atoms with Gasteiger partial charge in [-0.1, -0.05) is 12.1 Å². The molecule has 1 aliphatic heterocycles. The highest BCUT2D eigenvalue weighted by molar-refractivity contribution is 9.10. The highest BCUT2D eigenvalue weighted by Gasteiger charge is 2.33. The lowest BCUT2D eigenvalue weighted by Gasteiger charge is -2.16. The predicted molar refractivity (Wildman–Crippen MR) is 98.0 cm³/mol. The van der Waals surface area contributed by atoms with Crippen molar-refractivity contribution in [2.24, 2.45) is 0 Å². The molecule has 2 aromatic rings. The van der Waals surface area contributed by atoms with Gasteiger partial charge in [0.05, 0.1) is 19.2 Å². The number of methoxy groups -OCH3 is 2. The fraction of sp³-hybridized carbons (Fsp3) is 0.316. The van der Waals surface area contributed by atoms with Gasteiger partial charge in [0.1, 0.15) is 21.8 Å². The number of rotatable bonds is 7. The maximum atomic E-state index is 13.0. The van der Waals surface area contributed by atoms with Gasteiger partial charge in [-0.2, -0.15) is 0 Å². The molecule has 1 heterocycles. The van der Waals surface area contributed by atoms with Crippen LogP contribution in [-0.4, -0.2) is 38.4 Å². The van der Waals surface area contributed by atoms with Crippen molar-refractivity contribution in [2.45, 2.75) is 13.0 Å². The summed E-state index contributed by atoms with van der Waals surface area (Å²) >= 11 is 3.48. The van der Waals surface area contributed by atoms with Gasteiger partial charge in [-0.15, -0.1) is 0 Å². The van der Waals surface area contributed by atoms with Gasteiger partial charge in [0.25, 0.3) is 5.91 Å². The molecule has 0 aromatic heterocycles. The van der Waals surface area contributed by atoms with Crippen LogP contribution in [0, 0.1) is 5.82 Å². The van der Waals surface area contributed by atoms with Gasteiger partial charge in [-0.3, -0.25) is 4.79 Å². The topological polar surface area (TPSA) is 48.0 Å². The number of halogens is 2. The van der Waals surface area contributed by atoms with E-state index >= 15 is 0 Å². The maximum absolute atomic E-state index is 13.0. The average Bonchev–Trinajstić information content (AvgIpc) is 2.96. The van der Waals surface area contributed by atoms with Crippen LogP contribution in [0.5, 0.6) is 11.5 Å². The minimum absolute atomic E-state index is 0.0714. The van der Waals surface area contributed by atoms with Gasteiger partial charge in [0, 0.05) is 19.2 Å². The molecule has 0 radical (unpaired) electrons. The minimum Gasteiger partial charge on any atom is -0.495 e. The molecule has 0 spiro atoms. The van der Waals surface area contributed by atoms with E-state index in [1.807, 2.05) is 0 Å². The normalized spacial score (nSPS) is 13.1. The summed E-state index contributed by atoms with van der Waals surface area (Å²) in [6, 6.07) is 8.04. The maximum Gasteiger partial charge on any atom is 0.254 e. The van der Waals surface area contributed by atoms with Crippen molar-refractivity contribution in [3.8, 4) is 11.5 Å². The summed E-state index contributed by atoms with van der Waals surface area (Å²) in [6.07, 6.45) is 0.645. The largest absolute Gasteiger partial charge is 0.495 e. The number of benzene rings is 2. The van der Waals surface area contributed by atoms with Gasteiger partial charge in [-0.05, 0) is 46.1 Å². The first kappa shape index (κ1) is 18.7. The van der Waals surface area contributed by atoms with Crippen LogP contribution in [0.4, 0.5) is 4.39 Å². The minimum atomic E-state index is -0.268. The molecule has 0 bridgehead atoms. The first-order chi connectivity index (χ1) is 12.5. The van der Waals surface area contributed by atoms with Crippen LogP contribution in [0.1, 0.15) is 21.5 Å². The van der Waals surface area contributed by atoms with E-state index in [0.717, 1.165) is 11.1 Å². The Morgan fingerprint density at radius 3 is 2.62 bits per heavy atom. The molecule has 0 unspecified atom stereocenters. The number of carbonyl (C=O) groups is 1. The number of nitrogens with zero attached hydrogens (tertiary/aromatic N) is 1. The molecule has 26 heavy (non-hydrogen) atoms. The third-order valence-corrected chi connectivity index (χ3v) is 5.03. The standard InChI is InChI=1S/C19H19BrFNO4/c1-24-11-26-18-15-10-22(8-7-12-3-5-13(21)6-4-12)19(23)14(15)9-16(25-2)17(18)20/h3-6,9H,7-8,10-11H2,1-2H3. The summed E-state index contributed by atoms with van der Waals surface area (Å²) < 4.78 is 29.7. The molecule has 7 heteroatoms. The number of ether oxygens (including phenoxy) is 3. The molecule has 3 rings (SSSR count). The monoisotopic (exact) mass is 423 g/mol. The fourth-order valence-corrected chi connectivity index (χ4v) is 3.57. The number of hydrogen-bond acceptors (Lipinski definition) is 4. The summed E-state index contributed by atoms with van der Waals surface area (Å²) in [4.78, 5) is 14.5. The van der Waals surface area contributed by atoms with Crippen LogP contribution in [0.15, 0.2) is 34.8 Å². The van der Waals surface area contributed by atoms with E-state index in [2.05, 4.69) is 15.9 Å². The molecule has 0 aliphatic carbocycles. The zero-order chi connectivity index (χ0) is 18.7. The number of carbonyl (C=O) groups excluding carboxylic acids is 1. The number of fused-ring (bicyclic) bond motifs is 1. The van der Waals surface area contributed by atoms with Crippen molar-refractivity contribution in [1.82, 2.24) is 4.90 Å². The highest BCUT2D eigenvalue weighted by Crippen LogP contribution is 2.43. The Bertz CT molecular complexity index is 810. The number of hydrogen-bond donors (Lipinski definition) is 0. The summed E-state index contributed by atoms with van der Waals surface area (Å²) in [7, 11) is 3.08. The van der Waals surface area contributed by atoms with Crippen LogP contribution in [0.3, 0.4) is 0 Å². The van der Waals surface area contributed by atoms with E-state index < -0.39 is 0 Å². The van der Waals surface area contributed by atoms with Crippen molar-refractivity contribution in [1.29, 1.82) is 0 Å². The Balaban J connectivity index is 1.81. The van der Waals surface area contributed by atoms with Crippen molar-refractivity contribution in [2.75, 3.05) is 27.6 Å². The predicted octanol–water partition coefficient (Wildman–Crippen LogP) is 3.78. The lowest BCUT2D eigenvalue weighted by Crippen LogP contribution is -2.26. The van der Waals surface area contributed by atoms with Gasteiger partial charge in [-0.25, -0.2) is 4.39 Å². The zero-order valence-electron chi connectivity index (χ0n) is 14.6.